The molecule has 28 heavy (non-hydrogen) atoms. The highest BCUT2D eigenvalue weighted by molar-refractivity contribution is 7.21. The van der Waals surface area contributed by atoms with Crippen LogP contribution >= 0.6 is 11.3 Å². The average Bonchev–Trinajstić information content (AvgIpc) is 3.16. The molecule has 0 radical (unpaired) electrons. The Labute approximate surface area is 163 Å². The van der Waals surface area contributed by atoms with E-state index in [0.717, 1.165) is 15.3 Å². The maximum Gasteiger partial charge on any atom is 0.240 e. The zero-order valence-corrected chi connectivity index (χ0v) is 15.1. The summed E-state index contributed by atoms with van der Waals surface area (Å²) in [6.07, 6.45) is 1.51. The van der Waals surface area contributed by atoms with Crippen molar-refractivity contribution in [1.29, 1.82) is 0 Å². The van der Waals surface area contributed by atoms with Crippen molar-refractivity contribution in [3.05, 3.63) is 82.9 Å². The molecule has 6 heteroatoms. The van der Waals surface area contributed by atoms with Crippen LogP contribution in [0.3, 0.4) is 0 Å². The van der Waals surface area contributed by atoms with Gasteiger partial charge in [0.25, 0.3) is 0 Å². The fourth-order valence-corrected chi connectivity index (χ4v) is 4.41. The molecule has 0 fully saturated rings. The summed E-state index contributed by atoms with van der Waals surface area (Å²) >= 11 is 1.44. The van der Waals surface area contributed by atoms with Gasteiger partial charge in [-0.15, -0.1) is 11.3 Å². The maximum absolute atomic E-state index is 13.1. The molecule has 0 aliphatic heterocycles. The number of carbonyl (C=O) groups excluding carboxylic acids is 3. The van der Waals surface area contributed by atoms with Gasteiger partial charge in [0.1, 0.15) is 5.01 Å². The second kappa shape index (κ2) is 6.16. The molecule has 1 aliphatic carbocycles. The summed E-state index contributed by atoms with van der Waals surface area (Å²) in [6.45, 7) is 0. The third-order valence-electron chi connectivity index (χ3n) is 4.74. The number of isocyanates is 1. The minimum Gasteiger partial charge on any atom is -0.289 e. The van der Waals surface area contributed by atoms with Crippen LogP contribution in [0.25, 0.3) is 20.8 Å². The number of carbonyl (C=O) groups is 2. The van der Waals surface area contributed by atoms with Gasteiger partial charge in [-0.25, -0.2) is 9.78 Å². The van der Waals surface area contributed by atoms with Gasteiger partial charge in [-0.05, 0) is 36.4 Å². The molecule has 1 aromatic heterocycles. The number of fused-ring (bicyclic) bond motifs is 4. The van der Waals surface area contributed by atoms with Crippen molar-refractivity contribution >= 4 is 44.9 Å². The minimum absolute atomic E-state index is 0.155. The smallest absolute Gasteiger partial charge is 0.240 e. The monoisotopic (exact) mass is 382 g/mol. The van der Waals surface area contributed by atoms with Crippen LogP contribution in [0.4, 0.5) is 5.69 Å². The topological polar surface area (TPSA) is 76.5 Å². The summed E-state index contributed by atoms with van der Waals surface area (Å²) in [4.78, 5) is 44.6. The van der Waals surface area contributed by atoms with Crippen LogP contribution in [0.15, 0.2) is 65.7 Å². The predicted octanol–water partition coefficient (Wildman–Crippen LogP) is 4.71. The zero-order chi connectivity index (χ0) is 19.3. The summed E-state index contributed by atoms with van der Waals surface area (Å²) in [5, 5.41) is 0.726. The molecule has 0 bridgehead atoms. The minimum atomic E-state index is -0.177. The molecule has 0 unspecified atom stereocenters. The van der Waals surface area contributed by atoms with Gasteiger partial charge < -0.3 is 0 Å². The number of ketones is 2. The van der Waals surface area contributed by atoms with Gasteiger partial charge in [0.15, 0.2) is 11.6 Å². The highest BCUT2D eigenvalue weighted by Crippen LogP contribution is 2.37. The van der Waals surface area contributed by atoms with Crippen LogP contribution < -0.4 is 0 Å². The summed E-state index contributed by atoms with van der Waals surface area (Å²) in [5.41, 5.74) is 3.50. The van der Waals surface area contributed by atoms with E-state index in [1.54, 1.807) is 42.5 Å². The van der Waals surface area contributed by atoms with E-state index in [2.05, 4.69) is 9.98 Å². The Balaban J connectivity index is 1.69. The molecule has 0 spiro atoms. The van der Waals surface area contributed by atoms with Gasteiger partial charge in [0, 0.05) is 22.3 Å². The zero-order valence-electron chi connectivity index (χ0n) is 14.3. The van der Waals surface area contributed by atoms with E-state index in [1.165, 1.54) is 17.4 Å². The molecule has 1 aliphatic rings. The number of thiazole rings is 1. The number of benzene rings is 3. The van der Waals surface area contributed by atoms with Crippen molar-refractivity contribution in [2.45, 2.75) is 0 Å². The van der Waals surface area contributed by atoms with E-state index in [1.807, 2.05) is 18.2 Å². The van der Waals surface area contributed by atoms with E-state index in [9.17, 15) is 14.4 Å². The molecular formula is C22H10N2O3S. The Morgan fingerprint density at radius 1 is 0.821 bits per heavy atom. The Bertz CT molecular complexity index is 1350. The van der Waals surface area contributed by atoms with Gasteiger partial charge in [-0.1, -0.05) is 24.3 Å². The first-order valence-corrected chi connectivity index (χ1v) is 9.29. The quantitative estimate of drug-likeness (QED) is 0.327. The number of hydrogen-bond acceptors (Lipinski definition) is 6. The first-order valence-electron chi connectivity index (χ1n) is 8.47. The van der Waals surface area contributed by atoms with E-state index < -0.39 is 0 Å². The third kappa shape index (κ3) is 2.36. The molecule has 0 amide bonds. The molecule has 3 aromatic carbocycles. The van der Waals surface area contributed by atoms with Gasteiger partial charge in [0.2, 0.25) is 6.08 Å². The van der Waals surface area contributed by atoms with Gasteiger partial charge in [-0.3, -0.25) is 9.59 Å². The first kappa shape index (κ1) is 16.4. The van der Waals surface area contributed by atoms with Crippen molar-refractivity contribution in [2.24, 2.45) is 4.99 Å². The number of rotatable bonds is 2. The predicted molar refractivity (Wildman–Crippen MR) is 106 cm³/mol. The number of aromatic nitrogens is 1. The molecular weight excluding hydrogens is 372 g/mol. The molecule has 0 saturated carbocycles. The van der Waals surface area contributed by atoms with E-state index in [-0.39, 0.29) is 11.6 Å². The lowest BCUT2D eigenvalue weighted by Crippen LogP contribution is -2.21. The highest BCUT2D eigenvalue weighted by Gasteiger charge is 2.32. The third-order valence-corrected chi connectivity index (χ3v) is 5.81. The number of hydrogen-bond donors (Lipinski definition) is 0. The van der Waals surface area contributed by atoms with Crippen LogP contribution in [0.1, 0.15) is 31.8 Å². The second-order valence-electron chi connectivity index (χ2n) is 6.31. The molecule has 132 valence electrons. The standard InChI is InChI=1S/C22H10N2O3S/c25-11-23-13-7-5-12(6-8-13)22-24-19-17(28-22)10-9-16-18(19)21(27)15-4-2-1-3-14(15)20(16)26/h1-10H. The maximum atomic E-state index is 13.1. The van der Waals surface area contributed by atoms with E-state index >= 15 is 0 Å². The normalized spacial score (nSPS) is 12.4. The van der Waals surface area contributed by atoms with Crippen LogP contribution in [0.5, 0.6) is 0 Å². The van der Waals surface area contributed by atoms with Crippen molar-refractivity contribution in [2.75, 3.05) is 0 Å². The van der Waals surface area contributed by atoms with Crippen molar-refractivity contribution in [1.82, 2.24) is 4.98 Å². The van der Waals surface area contributed by atoms with E-state index in [0.29, 0.717) is 33.5 Å². The molecule has 0 atom stereocenters. The Morgan fingerprint density at radius 3 is 2.25 bits per heavy atom. The van der Waals surface area contributed by atoms with Gasteiger partial charge >= 0.3 is 0 Å². The van der Waals surface area contributed by atoms with Crippen LogP contribution in [-0.4, -0.2) is 22.6 Å². The van der Waals surface area contributed by atoms with Gasteiger partial charge in [0.05, 0.1) is 21.5 Å². The summed E-state index contributed by atoms with van der Waals surface area (Å²) in [6, 6.07) is 17.4. The van der Waals surface area contributed by atoms with Gasteiger partial charge in [-0.2, -0.15) is 4.99 Å². The lowest BCUT2D eigenvalue weighted by atomic mass is 9.83. The molecule has 0 saturated heterocycles. The van der Waals surface area contributed by atoms with Crippen LogP contribution in [0.2, 0.25) is 0 Å². The van der Waals surface area contributed by atoms with Crippen LogP contribution in [0, 0.1) is 0 Å². The average molecular weight is 382 g/mol. The first-order chi connectivity index (χ1) is 13.7. The molecule has 0 N–H and O–H groups in total. The van der Waals surface area contributed by atoms with E-state index in [4.69, 9.17) is 0 Å². The molecule has 5 rings (SSSR count). The Morgan fingerprint density at radius 2 is 1.54 bits per heavy atom. The second-order valence-corrected chi connectivity index (χ2v) is 7.34. The number of nitrogens with zero attached hydrogens (tertiary/aromatic N) is 2. The van der Waals surface area contributed by atoms with Crippen molar-refractivity contribution in [3.8, 4) is 10.6 Å². The summed E-state index contributed by atoms with van der Waals surface area (Å²) in [5.74, 6) is -0.332. The molecule has 1 heterocycles. The van der Waals surface area contributed by atoms with Crippen LogP contribution in [-0.2, 0) is 4.79 Å². The van der Waals surface area contributed by atoms with Crippen molar-refractivity contribution < 1.29 is 14.4 Å². The Hall–Kier alpha value is -3.73. The summed E-state index contributed by atoms with van der Waals surface area (Å²) < 4.78 is 0.837. The highest BCUT2D eigenvalue weighted by atomic mass is 32.1. The molecule has 5 nitrogen and oxygen atoms in total. The SMILES string of the molecule is O=C=Nc1ccc(-c2nc3c4c(ccc3s2)C(=O)c2ccccc2C4=O)cc1. The summed E-state index contributed by atoms with van der Waals surface area (Å²) in [7, 11) is 0. The fraction of sp³-hybridized carbons (Fsp3) is 0. The largest absolute Gasteiger partial charge is 0.289 e. The lowest BCUT2D eigenvalue weighted by Gasteiger charge is -2.17. The molecule has 4 aromatic rings. The Kier molecular flexibility index (Phi) is 3.62. The number of aliphatic imine (C=N–C) groups is 1. The van der Waals surface area contributed by atoms with Crippen molar-refractivity contribution in [3.63, 3.8) is 0 Å². The fourth-order valence-electron chi connectivity index (χ4n) is 3.43. The lowest BCUT2D eigenvalue weighted by molar-refractivity contribution is 0.0980.